The maximum Gasteiger partial charge on any atom is 0.245 e. The molecule has 0 aliphatic carbocycles. The Kier molecular flexibility index (Phi) is 6.17. The normalized spacial score (nSPS) is 19.9. The van der Waals surface area contributed by atoms with Gasteiger partial charge in [0.2, 0.25) is 11.8 Å². The lowest BCUT2D eigenvalue weighted by atomic mass is 9.74. The van der Waals surface area contributed by atoms with Crippen LogP contribution in [0, 0.1) is 5.41 Å². The fourth-order valence-corrected chi connectivity index (χ4v) is 3.06. The number of thiol groups is 1. The minimum atomic E-state index is -0.489. The molecule has 1 N–H and O–H groups in total. The van der Waals surface area contributed by atoms with Crippen LogP contribution in [0.3, 0.4) is 0 Å². The first-order chi connectivity index (χ1) is 8.98. The molecular weight excluding hydrogens is 260 g/mol. The molecule has 0 aromatic rings. The van der Waals surface area contributed by atoms with Crippen LogP contribution in [0.4, 0.5) is 0 Å². The van der Waals surface area contributed by atoms with Crippen molar-refractivity contribution in [2.75, 3.05) is 18.8 Å². The van der Waals surface area contributed by atoms with Crippen molar-refractivity contribution >= 4 is 24.4 Å². The minimum Gasteiger partial charge on any atom is -0.344 e. The predicted molar refractivity (Wildman–Crippen MR) is 80.3 cm³/mol. The Balaban J connectivity index is 2.58. The maximum absolute atomic E-state index is 12.3. The SMILES string of the molecule is CCC1(CC)CCN(C(=O)C(CS)NC(C)=O)CC1. The van der Waals surface area contributed by atoms with E-state index in [9.17, 15) is 9.59 Å². The number of hydrogen-bond acceptors (Lipinski definition) is 3. The van der Waals surface area contributed by atoms with Gasteiger partial charge in [0.25, 0.3) is 0 Å². The number of piperidine rings is 1. The molecule has 1 aliphatic rings. The van der Waals surface area contributed by atoms with Gasteiger partial charge in [0.15, 0.2) is 0 Å². The summed E-state index contributed by atoms with van der Waals surface area (Å²) in [6, 6.07) is -0.489. The average molecular weight is 286 g/mol. The average Bonchev–Trinajstić information content (AvgIpc) is 2.44. The van der Waals surface area contributed by atoms with Crippen LogP contribution in [0.5, 0.6) is 0 Å². The van der Waals surface area contributed by atoms with Gasteiger partial charge in [0.1, 0.15) is 6.04 Å². The van der Waals surface area contributed by atoms with E-state index in [1.807, 2.05) is 4.90 Å². The van der Waals surface area contributed by atoms with E-state index in [1.54, 1.807) is 0 Å². The first-order valence-corrected chi connectivity index (χ1v) is 7.78. The monoisotopic (exact) mass is 286 g/mol. The number of rotatable bonds is 5. The van der Waals surface area contributed by atoms with E-state index in [4.69, 9.17) is 0 Å². The smallest absolute Gasteiger partial charge is 0.245 e. The van der Waals surface area contributed by atoms with Gasteiger partial charge in [-0.2, -0.15) is 12.6 Å². The molecule has 1 unspecified atom stereocenters. The van der Waals surface area contributed by atoms with Crippen LogP contribution in [0.15, 0.2) is 0 Å². The Hall–Kier alpha value is -0.710. The van der Waals surface area contributed by atoms with Crippen LogP contribution in [0.25, 0.3) is 0 Å². The van der Waals surface area contributed by atoms with Gasteiger partial charge >= 0.3 is 0 Å². The zero-order valence-electron chi connectivity index (χ0n) is 12.2. The summed E-state index contributed by atoms with van der Waals surface area (Å²) in [5, 5.41) is 2.67. The van der Waals surface area contributed by atoms with Crippen molar-refractivity contribution in [3.05, 3.63) is 0 Å². The van der Waals surface area contributed by atoms with E-state index < -0.39 is 6.04 Å². The summed E-state index contributed by atoms with van der Waals surface area (Å²) < 4.78 is 0. The van der Waals surface area contributed by atoms with Gasteiger partial charge in [0.05, 0.1) is 0 Å². The molecule has 1 rings (SSSR count). The van der Waals surface area contributed by atoms with Gasteiger partial charge in [-0.3, -0.25) is 9.59 Å². The van der Waals surface area contributed by atoms with Gasteiger partial charge in [0, 0.05) is 25.8 Å². The van der Waals surface area contributed by atoms with E-state index in [1.165, 1.54) is 19.8 Å². The van der Waals surface area contributed by atoms with Gasteiger partial charge < -0.3 is 10.2 Å². The number of nitrogens with one attached hydrogen (secondary N) is 1. The molecule has 4 nitrogen and oxygen atoms in total. The number of nitrogens with zero attached hydrogens (tertiary/aromatic N) is 1. The van der Waals surface area contributed by atoms with Crippen LogP contribution < -0.4 is 5.32 Å². The molecule has 0 aromatic heterocycles. The molecule has 1 heterocycles. The predicted octanol–water partition coefficient (Wildman–Crippen LogP) is 1.85. The van der Waals surface area contributed by atoms with Crippen LogP contribution in [-0.2, 0) is 9.59 Å². The molecule has 0 saturated carbocycles. The van der Waals surface area contributed by atoms with Gasteiger partial charge in [-0.1, -0.05) is 26.7 Å². The zero-order chi connectivity index (χ0) is 14.5. The summed E-state index contributed by atoms with van der Waals surface area (Å²) in [6.45, 7) is 7.48. The number of carbonyl (C=O) groups is 2. The lowest BCUT2D eigenvalue weighted by Gasteiger charge is -2.41. The molecule has 110 valence electrons. The van der Waals surface area contributed by atoms with E-state index in [2.05, 4.69) is 31.8 Å². The summed E-state index contributed by atoms with van der Waals surface area (Å²) in [7, 11) is 0. The first-order valence-electron chi connectivity index (χ1n) is 7.14. The topological polar surface area (TPSA) is 49.4 Å². The van der Waals surface area contributed by atoms with Crippen molar-refractivity contribution in [1.29, 1.82) is 0 Å². The van der Waals surface area contributed by atoms with Gasteiger partial charge in [-0.25, -0.2) is 0 Å². The van der Waals surface area contributed by atoms with E-state index >= 15 is 0 Å². The molecule has 1 saturated heterocycles. The number of amides is 2. The Labute approximate surface area is 121 Å². The molecule has 0 radical (unpaired) electrons. The minimum absolute atomic E-state index is 0.00556. The van der Waals surface area contributed by atoms with Crippen molar-refractivity contribution in [2.24, 2.45) is 5.41 Å². The lowest BCUT2D eigenvalue weighted by molar-refractivity contribution is -0.137. The van der Waals surface area contributed by atoms with Crippen LogP contribution in [-0.4, -0.2) is 41.6 Å². The molecule has 0 spiro atoms. The lowest BCUT2D eigenvalue weighted by Crippen LogP contribution is -2.52. The van der Waals surface area contributed by atoms with Crippen LogP contribution in [0.2, 0.25) is 0 Å². The molecule has 0 bridgehead atoms. The second kappa shape index (κ2) is 7.17. The van der Waals surface area contributed by atoms with E-state index in [-0.39, 0.29) is 11.8 Å². The number of carbonyl (C=O) groups excluding carboxylic acids is 2. The first kappa shape index (κ1) is 16.3. The maximum atomic E-state index is 12.3. The fraction of sp³-hybridized carbons (Fsp3) is 0.857. The van der Waals surface area contributed by atoms with Crippen LogP contribution >= 0.6 is 12.6 Å². The molecule has 2 amide bonds. The molecule has 5 heteroatoms. The van der Waals surface area contributed by atoms with Crippen molar-refractivity contribution in [1.82, 2.24) is 10.2 Å². The summed E-state index contributed by atoms with van der Waals surface area (Å²) in [5.41, 5.74) is 0.404. The number of hydrogen-bond donors (Lipinski definition) is 2. The Bertz CT molecular complexity index is 319. The zero-order valence-corrected chi connectivity index (χ0v) is 13.1. The third-order valence-electron chi connectivity index (χ3n) is 4.49. The third kappa shape index (κ3) is 4.13. The third-order valence-corrected chi connectivity index (χ3v) is 4.86. The Morgan fingerprint density at radius 3 is 2.16 bits per heavy atom. The highest BCUT2D eigenvalue weighted by Crippen LogP contribution is 2.37. The summed E-state index contributed by atoms with van der Waals surface area (Å²) in [6.07, 6.45) is 4.47. The summed E-state index contributed by atoms with van der Waals surface area (Å²) in [5.74, 6) is 0.175. The fourth-order valence-electron chi connectivity index (χ4n) is 2.81. The van der Waals surface area contributed by atoms with Gasteiger partial charge in [-0.05, 0) is 18.3 Å². The molecule has 1 atom stereocenters. The second-order valence-electron chi connectivity index (χ2n) is 5.47. The molecule has 19 heavy (non-hydrogen) atoms. The Morgan fingerprint density at radius 1 is 1.26 bits per heavy atom. The molecule has 1 fully saturated rings. The standard InChI is InChI=1S/C14H26N2O2S/c1-4-14(5-2)6-8-16(9-7-14)13(18)12(10-19)15-11(3)17/h12,19H,4-10H2,1-3H3,(H,15,17). The number of likely N-dealkylation sites (tertiary alicyclic amines) is 1. The quantitative estimate of drug-likeness (QED) is 0.758. The highest BCUT2D eigenvalue weighted by atomic mass is 32.1. The van der Waals surface area contributed by atoms with E-state index in [0.717, 1.165) is 25.9 Å². The van der Waals surface area contributed by atoms with E-state index in [0.29, 0.717) is 11.2 Å². The molecular formula is C14H26N2O2S. The molecule has 0 aromatic carbocycles. The van der Waals surface area contributed by atoms with Crippen molar-refractivity contribution < 1.29 is 9.59 Å². The van der Waals surface area contributed by atoms with Gasteiger partial charge in [-0.15, -0.1) is 0 Å². The molecule has 1 aliphatic heterocycles. The highest BCUT2D eigenvalue weighted by Gasteiger charge is 2.34. The summed E-state index contributed by atoms with van der Waals surface area (Å²) >= 11 is 4.16. The Morgan fingerprint density at radius 2 is 1.79 bits per heavy atom. The van der Waals surface area contributed by atoms with Crippen molar-refractivity contribution in [3.8, 4) is 0 Å². The second-order valence-corrected chi connectivity index (χ2v) is 5.83. The largest absolute Gasteiger partial charge is 0.344 e. The van der Waals surface area contributed by atoms with Crippen molar-refractivity contribution in [3.63, 3.8) is 0 Å². The summed E-state index contributed by atoms with van der Waals surface area (Å²) in [4.78, 5) is 25.3. The highest BCUT2D eigenvalue weighted by molar-refractivity contribution is 7.80. The van der Waals surface area contributed by atoms with Crippen LogP contribution in [0.1, 0.15) is 46.5 Å². The van der Waals surface area contributed by atoms with Crippen molar-refractivity contribution in [2.45, 2.75) is 52.5 Å².